The minimum atomic E-state index is -0.266. The molecular weight excluding hydrogens is 209 g/mol. The largest absolute Gasteiger partial charge is 0.467 e. The van der Waals surface area contributed by atoms with Gasteiger partial charge in [-0.3, -0.25) is 0 Å². The summed E-state index contributed by atoms with van der Waals surface area (Å²) in [6.45, 7) is 0.811. The van der Waals surface area contributed by atoms with Gasteiger partial charge in [0.1, 0.15) is 11.9 Å². The van der Waals surface area contributed by atoms with Gasteiger partial charge in [0.2, 0.25) is 0 Å². The summed E-state index contributed by atoms with van der Waals surface area (Å²) in [5.74, 6) is -0.487. The number of nitrogens with zero attached hydrogens (tertiary/aromatic N) is 1. The van der Waals surface area contributed by atoms with E-state index in [2.05, 4.69) is 0 Å². The molecule has 1 aromatic carbocycles. The van der Waals surface area contributed by atoms with Crippen LogP contribution in [-0.4, -0.2) is 25.7 Å². The Labute approximate surface area is 93.8 Å². The Bertz CT molecular complexity index is 377. The Morgan fingerprint density at radius 2 is 2.12 bits per heavy atom. The normalized spacial score (nSPS) is 19.9. The van der Waals surface area contributed by atoms with E-state index in [1.807, 2.05) is 4.90 Å². The van der Waals surface area contributed by atoms with E-state index >= 15 is 0 Å². The van der Waals surface area contributed by atoms with E-state index < -0.39 is 0 Å². The van der Waals surface area contributed by atoms with Crippen molar-refractivity contribution in [1.29, 1.82) is 0 Å². The zero-order valence-corrected chi connectivity index (χ0v) is 9.15. The quantitative estimate of drug-likeness (QED) is 0.718. The number of methoxy groups -OCH3 is 1. The number of esters is 1. The number of hydrogen-bond donors (Lipinski definition) is 0. The molecule has 1 fully saturated rings. The van der Waals surface area contributed by atoms with Crippen molar-refractivity contribution in [2.45, 2.75) is 18.9 Å². The minimum Gasteiger partial charge on any atom is -0.467 e. The third-order valence-electron chi connectivity index (χ3n) is 2.88. The van der Waals surface area contributed by atoms with Crippen molar-refractivity contribution in [2.24, 2.45) is 0 Å². The molecule has 86 valence electrons. The molecule has 0 radical (unpaired) electrons. The lowest BCUT2D eigenvalue weighted by Gasteiger charge is -2.24. The average Bonchev–Trinajstić information content (AvgIpc) is 2.78. The lowest BCUT2D eigenvalue weighted by Crippen LogP contribution is -2.36. The molecule has 1 aliphatic heterocycles. The second-order valence-electron chi connectivity index (χ2n) is 3.85. The monoisotopic (exact) mass is 223 g/mol. The number of rotatable bonds is 2. The van der Waals surface area contributed by atoms with Gasteiger partial charge in [0, 0.05) is 12.2 Å². The SMILES string of the molecule is COC(=O)C1CCCN1c1ccc(F)cc1. The van der Waals surface area contributed by atoms with Crippen molar-refractivity contribution in [2.75, 3.05) is 18.6 Å². The summed E-state index contributed by atoms with van der Waals surface area (Å²) in [4.78, 5) is 13.5. The Morgan fingerprint density at radius 1 is 1.44 bits per heavy atom. The molecule has 1 unspecified atom stereocenters. The summed E-state index contributed by atoms with van der Waals surface area (Å²) in [7, 11) is 1.39. The van der Waals surface area contributed by atoms with Gasteiger partial charge in [-0.05, 0) is 37.1 Å². The van der Waals surface area contributed by atoms with E-state index in [0.29, 0.717) is 0 Å². The number of ether oxygens (including phenoxy) is 1. The van der Waals surface area contributed by atoms with Crippen LogP contribution in [0.2, 0.25) is 0 Å². The molecule has 1 aromatic rings. The molecule has 0 amide bonds. The molecule has 2 rings (SSSR count). The molecule has 0 aromatic heterocycles. The fraction of sp³-hybridized carbons (Fsp3) is 0.417. The number of benzene rings is 1. The molecule has 1 aliphatic rings. The first kappa shape index (κ1) is 10.9. The summed E-state index contributed by atoms with van der Waals surface area (Å²) in [6, 6.07) is 5.97. The molecule has 0 N–H and O–H groups in total. The van der Waals surface area contributed by atoms with E-state index in [9.17, 15) is 9.18 Å². The summed E-state index contributed by atoms with van der Waals surface area (Å²) in [5.41, 5.74) is 0.870. The standard InChI is InChI=1S/C12H14FNO2/c1-16-12(15)11-3-2-8-14(11)10-6-4-9(13)5-7-10/h4-7,11H,2-3,8H2,1H3. The maximum Gasteiger partial charge on any atom is 0.328 e. The van der Waals surface area contributed by atoms with Gasteiger partial charge in [-0.1, -0.05) is 0 Å². The van der Waals surface area contributed by atoms with E-state index in [4.69, 9.17) is 4.74 Å². The zero-order valence-electron chi connectivity index (χ0n) is 9.15. The lowest BCUT2D eigenvalue weighted by atomic mass is 10.2. The van der Waals surface area contributed by atoms with Crippen LogP contribution in [0.25, 0.3) is 0 Å². The molecule has 1 atom stereocenters. The van der Waals surface area contributed by atoms with Gasteiger partial charge in [0.15, 0.2) is 0 Å². The third kappa shape index (κ3) is 2.01. The molecule has 1 heterocycles. The summed E-state index contributed by atoms with van der Waals surface area (Å²) >= 11 is 0. The highest BCUT2D eigenvalue weighted by Gasteiger charge is 2.31. The molecule has 0 saturated carbocycles. The maximum atomic E-state index is 12.8. The van der Waals surface area contributed by atoms with Gasteiger partial charge in [0.25, 0.3) is 0 Å². The van der Waals surface area contributed by atoms with Gasteiger partial charge >= 0.3 is 5.97 Å². The average molecular weight is 223 g/mol. The summed E-state index contributed by atoms with van der Waals surface area (Å²) in [5, 5.41) is 0. The molecule has 0 spiro atoms. The van der Waals surface area contributed by atoms with Crippen LogP contribution in [0.4, 0.5) is 10.1 Å². The first-order valence-electron chi connectivity index (χ1n) is 5.32. The van der Waals surface area contributed by atoms with Crippen molar-refractivity contribution in [3.63, 3.8) is 0 Å². The lowest BCUT2D eigenvalue weighted by molar-refractivity contribution is -0.141. The number of halogens is 1. The summed E-state index contributed by atoms with van der Waals surface area (Å²) in [6.07, 6.45) is 1.75. The highest BCUT2D eigenvalue weighted by molar-refractivity contribution is 5.80. The molecule has 3 nitrogen and oxygen atoms in total. The third-order valence-corrected chi connectivity index (χ3v) is 2.88. The van der Waals surface area contributed by atoms with Crippen molar-refractivity contribution in [3.05, 3.63) is 30.1 Å². The number of hydrogen-bond acceptors (Lipinski definition) is 3. The molecule has 4 heteroatoms. The topological polar surface area (TPSA) is 29.5 Å². The highest BCUT2D eigenvalue weighted by Crippen LogP contribution is 2.26. The predicted molar refractivity (Wildman–Crippen MR) is 58.8 cm³/mol. The van der Waals surface area contributed by atoms with Gasteiger partial charge in [0.05, 0.1) is 7.11 Å². The highest BCUT2D eigenvalue weighted by atomic mass is 19.1. The first-order chi connectivity index (χ1) is 7.72. The predicted octanol–water partition coefficient (Wildman–Crippen LogP) is 1.97. The second-order valence-corrected chi connectivity index (χ2v) is 3.85. The van der Waals surface area contributed by atoms with Crippen molar-refractivity contribution in [1.82, 2.24) is 0 Å². The van der Waals surface area contributed by atoms with Crippen LogP contribution in [0.3, 0.4) is 0 Å². The second kappa shape index (κ2) is 4.51. The number of carbonyl (C=O) groups excluding carboxylic acids is 1. The van der Waals surface area contributed by atoms with Crippen LogP contribution in [-0.2, 0) is 9.53 Å². The molecule has 16 heavy (non-hydrogen) atoms. The Morgan fingerprint density at radius 3 is 2.75 bits per heavy atom. The fourth-order valence-corrected chi connectivity index (χ4v) is 2.09. The Hall–Kier alpha value is -1.58. The van der Waals surface area contributed by atoms with Gasteiger partial charge in [-0.15, -0.1) is 0 Å². The smallest absolute Gasteiger partial charge is 0.328 e. The van der Waals surface area contributed by atoms with Crippen LogP contribution in [0.5, 0.6) is 0 Å². The van der Waals surface area contributed by atoms with Crippen LogP contribution in [0.1, 0.15) is 12.8 Å². The van der Waals surface area contributed by atoms with E-state index in [1.165, 1.54) is 19.2 Å². The zero-order chi connectivity index (χ0) is 11.5. The van der Waals surface area contributed by atoms with Crippen molar-refractivity contribution >= 4 is 11.7 Å². The molecule has 0 aliphatic carbocycles. The van der Waals surface area contributed by atoms with Crippen LogP contribution >= 0.6 is 0 Å². The molecule has 0 bridgehead atoms. The maximum absolute atomic E-state index is 12.8. The number of carbonyl (C=O) groups is 1. The van der Waals surface area contributed by atoms with Crippen LogP contribution in [0.15, 0.2) is 24.3 Å². The summed E-state index contributed by atoms with van der Waals surface area (Å²) < 4.78 is 17.5. The van der Waals surface area contributed by atoms with Crippen molar-refractivity contribution in [3.8, 4) is 0 Å². The van der Waals surface area contributed by atoms with Gasteiger partial charge in [-0.25, -0.2) is 9.18 Å². The van der Waals surface area contributed by atoms with Gasteiger partial charge < -0.3 is 9.64 Å². The minimum absolute atomic E-state index is 0.221. The first-order valence-corrected chi connectivity index (χ1v) is 5.32. The van der Waals surface area contributed by atoms with Crippen LogP contribution < -0.4 is 4.90 Å². The Kier molecular flexibility index (Phi) is 3.08. The number of anilines is 1. The van der Waals surface area contributed by atoms with E-state index in [1.54, 1.807) is 12.1 Å². The van der Waals surface area contributed by atoms with E-state index in [0.717, 1.165) is 25.1 Å². The van der Waals surface area contributed by atoms with Crippen LogP contribution in [0, 0.1) is 5.82 Å². The molecule has 1 saturated heterocycles. The Balaban J connectivity index is 2.19. The fourth-order valence-electron chi connectivity index (χ4n) is 2.09. The van der Waals surface area contributed by atoms with Crippen molar-refractivity contribution < 1.29 is 13.9 Å². The van der Waals surface area contributed by atoms with Gasteiger partial charge in [-0.2, -0.15) is 0 Å². The van der Waals surface area contributed by atoms with E-state index in [-0.39, 0.29) is 17.8 Å². The molecular formula is C12H14FNO2.